The van der Waals surface area contributed by atoms with E-state index >= 15 is 0 Å². The van der Waals surface area contributed by atoms with Crippen molar-refractivity contribution in [2.24, 2.45) is 32.5 Å². The van der Waals surface area contributed by atoms with Crippen LogP contribution in [0.4, 0.5) is 0 Å². The van der Waals surface area contributed by atoms with Gasteiger partial charge in [-0.2, -0.15) is 15.3 Å². The van der Waals surface area contributed by atoms with Gasteiger partial charge < -0.3 is 17.2 Å². The van der Waals surface area contributed by atoms with Crippen LogP contribution in [-0.4, -0.2) is 34.0 Å². The predicted octanol–water partition coefficient (Wildman–Crippen LogP) is -0.812. The third-order valence-corrected chi connectivity index (χ3v) is 2.44. The second kappa shape index (κ2) is 10.1. The van der Waals surface area contributed by atoms with Crippen molar-refractivity contribution in [2.75, 3.05) is 0 Å². The molecule has 0 radical (unpaired) electrons. The summed E-state index contributed by atoms with van der Waals surface area (Å²) in [5, 5.41) is 11.9. The Hall–Kier alpha value is -2.70. The fourth-order valence-corrected chi connectivity index (χ4v) is 1.60. The van der Waals surface area contributed by atoms with Gasteiger partial charge in [0.2, 0.25) is 0 Å². The van der Waals surface area contributed by atoms with Crippen LogP contribution in [0.25, 0.3) is 0 Å². The first-order valence-corrected chi connectivity index (χ1v) is 7.50. The van der Waals surface area contributed by atoms with Crippen LogP contribution in [-0.2, 0) is 0 Å². The third-order valence-electron chi connectivity index (χ3n) is 2.17. The minimum atomic E-state index is 0.0621. The van der Waals surface area contributed by atoms with Crippen LogP contribution >= 0.6 is 36.7 Å². The van der Waals surface area contributed by atoms with Crippen LogP contribution in [0.2, 0.25) is 0 Å². The molecular weight excluding hydrogens is 366 g/mol. The lowest BCUT2D eigenvalue weighted by molar-refractivity contribution is 1.04. The fraction of sp³-hybridized carbons (Fsp3) is 0. The van der Waals surface area contributed by atoms with Gasteiger partial charge in [-0.1, -0.05) is 0 Å². The molecule has 0 spiro atoms. The molecule has 0 fully saturated rings. The third kappa shape index (κ3) is 8.67. The molecule has 24 heavy (non-hydrogen) atoms. The molecule has 1 aromatic rings. The summed E-state index contributed by atoms with van der Waals surface area (Å²) in [6.07, 6.45) is 4.61. The van der Waals surface area contributed by atoms with E-state index in [0.29, 0.717) is 0 Å². The first-order valence-electron chi connectivity index (χ1n) is 6.27. The van der Waals surface area contributed by atoms with Crippen LogP contribution in [0, 0.1) is 0 Å². The second-order valence-electron chi connectivity index (χ2n) is 4.14. The van der Waals surface area contributed by atoms with Gasteiger partial charge in [0.05, 0.1) is 18.6 Å². The molecule has 126 valence electrons. The van der Waals surface area contributed by atoms with Gasteiger partial charge in [-0.25, -0.2) is 0 Å². The first-order chi connectivity index (χ1) is 11.4. The minimum Gasteiger partial charge on any atom is -0.375 e. The standard InChI is InChI=1S/C12H15N9S3/c13-10(22)19-16-4-7-1-8(5-17-20-11(14)23)3-9(2-7)6-18-21-12(15)24/h1-6H,(H3,13,19,22)(H3,14,20,23)(H3,15,21,24)/b16-4+,17-5+,18-6+. The Morgan fingerprint density at radius 2 is 0.917 bits per heavy atom. The van der Waals surface area contributed by atoms with Crippen LogP contribution in [0.3, 0.4) is 0 Å². The van der Waals surface area contributed by atoms with Crippen molar-refractivity contribution < 1.29 is 0 Å². The number of hydrogen-bond donors (Lipinski definition) is 6. The van der Waals surface area contributed by atoms with Gasteiger partial charge in [0.25, 0.3) is 0 Å². The van der Waals surface area contributed by atoms with Crippen molar-refractivity contribution in [2.45, 2.75) is 0 Å². The molecule has 0 unspecified atom stereocenters. The SMILES string of the molecule is NC(=S)N/N=C/c1cc(/C=N/NC(N)=S)cc(/C=N/NC(N)=S)c1. The maximum Gasteiger partial charge on any atom is 0.184 e. The van der Waals surface area contributed by atoms with E-state index in [1.54, 1.807) is 0 Å². The Balaban J connectivity index is 3.03. The fourth-order valence-electron chi connectivity index (χ4n) is 1.44. The first kappa shape index (κ1) is 19.3. The van der Waals surface area contributed by atoms with Crippen molar-refractivity contribution >= 4 is 70.6 Å². The molecule has 0 aliphatic rings. The van der Waals surface area contributed by atoms with Gasteiger partial charge in [-0.15, -0.1) is 0 Å². The van der Waals surface area contributed by atoms with Crippen LogP contribution in [0.5, 0.6) is 0 Å². The summed E-state index contributed by atoms with van der Waals surface area (Å²) in [4.78, 5) is 0. The molecule has 0 atom stereocenters. The molecule has 1 rings (SSSR count). The predicted molar refractivity (Wildman–Crippen MR) is 109 cm³/mol. The Labute approximate surface area is 154 Å². The summed E-state index contributed by atoms with van der Waals surface area (Å²) in [5.74, 6) is 0. The van der Waals surface area contributed by atoms with Gasteiger partial charge in [-0.3, -0.25) is 16.3 Å². The van der Waals surface area contributed by atoms with E-state index in [0.717, 1.165) is 16.7 Å². The van der Waals surface area contributed by atoms with E-state index in [1.165, 1.54) is 18.6 Å². The monoisotopic (exact) mass is 381 g/mol. The zero-order chi connectivity index (χ0) is 17.9. The zero-order valence-electron chi connectivity index (χ0n) is 12.3. The molecule has 9 N–H and O–H groups in total. The molecule has 12 heteroatoms. The summed E-state index contributed by atoms with van der Waals surface area (Å²) >= 11 is 14.0. The lowest BCUT2D eigenvalue weighted by atomic mass is 10.1. The molecule has 0 bridgehead atoms. The van der Waals surface area contributed by atoms with E-state index in [9.17, 15) is 0 Å². The molecule has 1 aromatic carbocycles. The van der Waals surface area contributed by atoms with Gasteiger partial charge in [0, 0.05) is 0 Å². The molecule has 0 saturated carbocycles. The molecule has 0 amide bonds. The van der Waals surface area contributed by atoms with Crippen molar-refractivity contribution in [3.05, 3.63) is 34.9 Å². The van der Waals surface area contributed by atoms with Crippen LogP contribution in [0.1, 0.15) is 16.7 Å². The Morgan fingerprint density at radius 1 is 0.667 bits per heavy atom. The molecule has 0 aliphatic carbocycles. The smallest absolute Gasteiger partial charge is 0.184 e. The highest BCUT2D eigenvalue weighted by Gasteiger charge is 1.98. The molecule has 0 saturated heterocycles. The molecule has 9 nitrogen and oxygen atoms in total. The number of hydrogen-bond acceptors (Lipinski definition) is 6. The van der Waals surface area contributed by atoms with Gasteiger partial charge in [0.1, 0.15) is 0 Å². The van der Waals surface area contributed by atoms with E-state index in [2.05, 4.69) is 68.2 Å². The average Bonchev–Trinajstić information content (AvgIpc) is 2.46. The number of benzene rings is 1. The van der Waals surface area contributed by atoms with E-state index < -0.39 is 0 Å². The topological polar surface area (TPSA) is 151 Å². The summed E-state index contributed by atoms with van der Waals surface area (Å²) in [6.45, 7) is 0. The Kier molecular flexibility index (Phi) is 8.18. The summed E-state index contributed by atoms with van der Waals surface area (Å²) in [5.41, 5.74) is 25.6. The number of nitrogens with one attached hydrogen (secondary N) is 3. The Bertz CT molecular complexity index is 604. The Morgan fingerprint density at radius 3 is 1.12 bits per heavy atom. The highest BCUT2D eigenvalue weighted by atomic mass is 32.1. The van der Waals surface area contributed by atoms with E-state index in [-0.39, 0.29) is 15.3 Å². The van der Waals surface area contributed by atoms with Gasteiger partial charge in [-0.05, 0) is 71.5 Å². The van der Waals surface area contributed by atoms with E-state index in [1.807, 2.05) is 18.2 Å². The summed E-state index contributed by atoms with van der Waals surface area (Å²) < 4.78 is 0. The van der Waals surface area contributed by atoms with Crippen LogP contribution < -0.4 is 33.5 Å². The molecule has 0 aliphatic heterocycles. The highest BCUT2D eigenvalue weighted by Crippen LogP contribution is 2.06. The molecular formula is C12H15N9S3. The van der Waals surface area contributed by atoms with Crippen molar-refractivity contribution in [3.8, 4) is 0 Å². The largest absolute Gasteiger partial charge is 0.375 e. The normalized spacial score (nSPS) is 11.0. The summed E-state index contributed by atoms with van der Waals surface area (Å²) in [7, 11) is 0. The number of thiocarbonyl (C=S) groups is 3. The number of rotatable bonds is 6. The number of nitrogens with two attached hydrogens (primary N) is 3. The van der Waals surface area contributed by atoms with Crippen molar-refractivity contribution in [1.29, 1.82) is 0 Å². The molecule has 0 heterocycles. The van der Waals surface area contributed by atoms with Crippen molar-refractivity contribution in [3.63, 3.8) is 0 Å². The lowest BCUT2D eigenvalue weighted by Crippen LogP contribution is -2.24. The second-order valence-corrected chi connectivity index (χ2v) is 5.46. The maximum absolute atomic E-state index is 5.30. The number of nitrogens with zero attached hydrogens (tertiary/aromatic N) is 3. The van der Waals surface area contributed by atoms with E-state index in [4.69, 9.17) is 17.2 Å². The number of hydrazone groups is 3. The zero-order valence-corrected chi connectivity index (χ0v) is 14.7. The quantitative estimate of drug-likeness (QED) is 0.211. The maximum atomic E-state index is 5.30. The minimum absolute atomic E-state index is 0.0621. The van der Waals surface area contributed by atoms with Gasteiger partial charge in [0.15, 0.2) is 15.3 Å². The van der Waals surface area contributed by atoms with Crippen LogP contribution in [0.15, 0.2) is 33.5 Å². The molecule has 0 aromatic heterocycles. The van der Waals surface area contributed by atoms with Gasteiger partial charge >= 0.3 is 0 Å². The highest BCUT2D eigenvalue weighted by molar-refractivity contribution is 7.80. The van der Waals surface area contributed by atoms with Crippen molar-refractivity contribution in [1.82, 2.24) is 16.3 Å². The average molecular weight is 382 g/mol. The lowest BCUT2D eigenvalue weighted by Gasteiger charge is -2.02. The summed E-state index contributed by atoms with van der Waals surface area (Å²) in [6, 6.07) is 5.44.